The van der Waals surface area contributed by atoms with E-state index in [0.717, 1.165) is 11.4 Å². The van der Waals surface area contributed by atoms with Crippen molar-refractivity contribution >= 4 is 24.0 Å². The van der Waals surface area contributed by atoms with Gasteiger partial charge in [-0.15, -0.1) is 0 Å². The third kappa shape index (κ3) is 3.28. The highest BCUT2D eigenvalue weighted by Gasteiger charge is 2.59. The first-order valence-corrected chi connectivity index (χ1v) is 9.60. The summed E-state index contributed by atoms with van der Waals surface area (Å²) in [6.45, 7) is 1.66. The number of para-hydroxylation sites is 1. The summed E-state index contributed by atoms with van der Waals surface area (Å²) in [6, 6.07) is 5.10. The molecule has 2 bridgehead atoms. The van der Waals surface area contributed by atoms with Crippen molar-refractivity contribution in [2.24, 2.45) is 28.8 Å². The smallest absolute Gasteiger partial charge is 0.344 e. The fourth-order valence-electron chi connectivity index (χ4n) is 4.40. The highest BCUT2D eigenvalue weighted by atomic mass is 16.6. The number of fused-ring (bicyclic) bond motifs is 5. The van der Waals surface area contributed by atoms with Crippen LogP contribution in [0.3, 0.4) is 0 Å². The van der Waals surface area contributed by atoms with Crippen molar-refractivity contribution in [3.63, 3.8) is 0 Å². The number of esters is 1. The molecule has 0 spiro atoms. The first kappa shape index (κ1) is 19.2. The predicted octanol–water partition coefficient (Wildman–Crippen LogP) is 1.78. The molecule has 2 amide bonds. The maximum atomic E-state index is 12.7. The molecule has 152 valence electrons. The number of hydrogen-bond acceptors (Lipinski definition) is 7. The van der Waals surface area contributed by atoms with Crippen LogP contribution in [0.1, 0.15) is 18.9 Å². The SMILES string of the molecule is CCOC(=O)COc1c(C=NN2C(=O)C3C4C=CC(C4)C3C2=O)cccc1OC. The first-order valence-electron chi connectivity index (χ1n) is 9.60. The molecule has 1 heterocycles. The molecule has 8 heteroatoms. The minimum absolute atomic E-state index is 0.127. The van der Waals surface area contributed by atoms with Crippen LogP contribution in [0.15, 0.2) is 35.5 Å². The predicted molar refractivity (Wildman–Crippen MR) is 102 cm³/mol. The van der Waals surface area contributed by atoms with Crippen molar-refractivity contribution in [3.05, 3.63) is 35.9 Å². The summed E-state index contributed by atoms with van der Waals surface area (Å²) in [4.78, 5) is 37.1. The van der Waals surface area contributed by atoms with E-state index in [9.17, 15) is 14.4 Å². The zero-order chi connectivity index (χ0) is 20.5. The van der Waals surface area contributed by atoms with E-state index in [4.69, 9.17) is 14.2 Å². The number of imide groups is 1. The second-order valence-corrected chi connectivity index (χ2v) is 7.21. The van der Waals surface area contributed by atoms with Gasteiger partial charge in [0, 0.05) is 5.56 Å². The van der Waals surface area contributed by atoms with Crippen LogP contribution < -0.4 is 9.47 Å². The van der Waals surface area contributed by atoms with Gasteiger partial charge in [-0.25, -0.2) is 4.79 Å². The van der Waals surface area contributed by atoms with E-state index in [2.05, 4.69) is 5.10 Å². The van der Waals surface area contributed by atoms with Crippen molar-refractivity contribution < 1.29 is 28.6 Å². The molecule has 1 aromatic carbocycles. The van der Waals surface area contributed by atoms with E-state index in [-0.39, 0.29) is 54.4 Å². The number of amides is 2. The Balaban J connectivity index is 1.55. The van der Waals surface area contributed by atoms with E-state index in [0.29, 0.717) is 11.3 Å². The summed E-state index contributed by atoms with van der Waals surface area (Å²) in [6.07, 6.45) is 6.32. The van der Waals surface area contributed by atoms with E-state index in [1.54, 1.807) is 25.1 Å². The van der Waals surface area contributed by atoms with Crippen LogP contribution >= 0.6 is 0 Å². The minimum Gasteiger partial charge on any atom is -0.493 e. The Hall–Kier alpha value is -3.16. The maximum Gasteiger partial charge on any atom is 0.344 e. The standard InChI is InChI=1S/C21H22N2O6/c1-3-28-16(24)11-29-19-14(5-4-6-15(19)27-2)10-22-23-20(25)17-12-7-8-13(9-12)18(17)21(23)26/h4-8,10,12-13,17-18H,3,9,11H2,1-2H3. The Kier molecular flexibility index (Phi) is 5.08. The fourth-order valence-corrected chi connectivity index (χ4v) is 4.40. The van der Waals surface area contributed by atoms with Crippen molar-refractivity contribution in [2.45, 2.75) is 13.3 Å². The largest absolute Gasteiger partial charge is 0.493 e. The van der Waals surface area contributed by atoms with Crippen molar-refractivity contribution in [2.75, 3.05) is 20.3 Å². The summed E-state index contributed by atoms with van der Waals surface area (Å²) in [7, 11) is 1.48. The Morgan fingerprint density at radius 3 is 2.52 bits per heavy atom. The van der Waals surface area contributed by atoms with E-state index >= 15 is 0 Å². The Morgan fingerprint density at radius 1 is 1.21 bits per heavy atom. The average Bonchev–Trinajstić information content (AvgIpc) is 3.39. The van der Waals surface area contributed by atoms with Crippen LogP contribution in [-0.4, -0.2) is 49.3 Å². The molecular formula is C21H22N2O6. The first-order chi connectivity index (χ1) is 14.0. The van der Waals surface area contributed by atoms with Crippen molar-refractivity contribution in [1.82, 2.24) is 5.01 Å². The van der Waals surface area contributed by atoms with Gasteiger partial charge in [0.2, 0.25) is 0 Å². The number of rotatable bonds is 7. The molecule has 4 unspecified atom stereocenters. The molecule has 2 fully saturated rings. The van der Waals surface area contributed by atoms with Gasteiger partial charge in [-0.05, 0) is 37.3 Å². The Bertz CT molecular complexity index is 878. The van der Waals surface area contributed by atoms with Gasteiger partial charge in [-0.2, -0.15) is 10.1 Å². The zero-order valence-electron chi connectivity index (χ0n) is 16.2. The molecule has 2 aliphatic carbocycles. The lowest BCUT2D eigenvalue weighted by molar-refractivity contribution is -0.145. The summed E-state index contributed by atoms with van der Waals surface area (Å²) in [5.41, 5.74) is 0.479. The highest BCUT2D eigenvalue weighted by Crippen LogP contribution is 2.52. The molecule has 4 rings (SSSR count). The number of hydrazone groups is 1. The third-order valence-corrected chi connectivity index (χ3v) is 5.63. The van der Waals surface area contributed by atoms with Gasteiger partial charge in [0.25, 0.3) is 11.8 Å². The number of ether oxygens (including phenoxy) is 3. The van der Waals surface area contributed by atoms with Gasteiger partial charge < -0.3 is 14.2 Å². The quantitative estimate of drug-likeness (QED) is 0.301. The number of nitrogens with zero attached hydrogens (tertiary/aromatic N) is 2. The lowest BCUT2D eigenvalue weighted by Crippen LogP contribution is -2.28. The number of methoxy groups -OCH3 is 1. The van der Waals surface area contributed by atoms with Gasteiger partial charge in [-0.1, -0.05) is 18.2 Å². The molecule has 1 saturated heterocycles. The summed E-state index contributed by atoms with van der Waals surface area (Å²) in [5.74, 6) is -0.705. The lowest BCUT2D eigenvalue weighted by Gasteiger charge is -2.14. The highest BCUT2D eigenvalue weighted by molar-refractivity contribution is 6.07. The van der Waals surface area contributed by atoms with Crippen LogP contribution in [0.4, 0.5) is 0 Å². The summed E-state index contributed by atoms with van der Waals surface area (Å²) in [5, 5.41) is 5.13. The third-order valence-electron chi connectivity index (χ3n) is 5.63. The molecule has 3 aliphatic rings. The molecule has 1 aromatic rings. The van der Waals surface area contributed by atoms with Crippen LogP contribution in [0.25, 0.3) is 0 Å². The monoisotopic (exact) mass is 398 g/mol. The molecule has 0 N–H and O–H groups in total. The summed E-state index contributed by atoms with van der Waals surface area (Å²) < 4.78 is 15.7. The number of benzene rings is 1. The topological polar surface area (TPSA) is 94.5 Å². The second kappa shape index (κ2) is 7.69. The lowest BCUT2D eigenvalue weighted by atomic mass is 9.85. The fraction of sp³-hybridized carbons (Fsp3) is 0.429. The molecule has 1 saturated carbocycles. The minimum atomic E-state index is -0.512. The molecular weight excluding hydrogens is 376 g/mol. The van der Waals surface area contributed by atoms with Crippen LogP contribution in [0.5, 0.6) is 11.5 Å². The Morgan fingerprint density at radius 2 is 1.90 bits per heavy atom. The van der Waals surface area contributed by atoms with Gasteiger partial charge >= 0.3 is 5.97 Å². The van der Waals surface area contributed by atoms with Gasteiger partial charge in [0.15, 0.2) is 18.1 Å². The number of hydrogen-bond donors (Lipinski definition) is 0. The normalized spacial score (nSPS) is 27.0. The number of carbonyl (C=O) groups excluding carboxylic acids is 3. The molecule has 0 aromatic heterocycles. The van der Waals surface area contributed by atoms with E-state index < -0.39 is 5.97 Å². The molecule has 4 atom stereocenters. The van der Waals surface area contributed by atoms with Gasteiger partial charge in [0.05, 0.1) is 31.8 Å². The van der Waals surface area contributed by atoms with Gasteiger partial charge in [-0.3, -0.25) is 9.59 Å². The molecule has 8 nitrogen and oxygen atoms in total. The second-order valence-electron chi connectivity index (χ2n) is 7.21. The summed E-state index contributed by atoms with van der Waals surface area (Å²) >= 11 is 0. The molecule has 0 radical (unpaired) electrons. The number of allylic oxidation sites excluding steroid dienone is 2. The van der Waals surface area contributed by atoms with Crippen LogP contribution in [0, 0.1) is 23.7 Å². The zero-order valence-corrected chi connectivity index (χ0v) is 16.2. The van der Waals surface area contributed by atoms with Crippen LogP contribution in [0.2, 0.25) is 0 Å². The van der Waals surface area contributed by atoms with Crippen LogP contribution in [-0.2, 0) is 19.1 Å². The molecule has 29 heavy (non-hydrogen) atoms. The van der Waals surface area contributed by atoms with E-state index in [1.165, 1.54) is 13.3 Å². The van der Waals surface area contributed by atoms with E-state index in [1.807, 2.05) is 12.2 Å². The van der Waals surface area contributed by atoms with Gasteiger partial charge in [0.1, 0.15) is 0 Å². The van der Waals surface area contributed by atoms with Crippen molar-refractivity contribution in [1.29, 1.82) is 0 Å². The Labute approximate surface area is 168 Å². The van der Waals surface area contributed by atoms with Crippen molar-refractivity contribution in [3.8, 4) is 11.5 Å². The maximum absolute atomic E-state index is 12.7. The average molecular weight is 398 g/mol. The number of carbonyl (C=O) groups is 3. The molecule has 1 aliphatic heterocycles.